The van der Waals surface area contributed by atoms with E-state index in [1.165, 1.54) is 4.90 Å². The van der Waals surface area contributed by atoms with Crippen molar-refractivity contribution in [1.29, 1.82) is 0 Å². The van der Waals surface area contributed by atoms with Crippen LogP contribution >= 0.6 is 0 Å². The van der Waals surface area contributed by atoms with E-state index >= 15 is 0 Å². The Kier molecular flexibility index (Phi) is 15.5. The van der Waals surface area contributed by atoms with Crippen LogP contribution in [0.2, 0.25) is 0 Å². The average molecular weight is 737 g/mol. The van der Waals surface area contributed by atoms with Gasteiger partial charge in [0.15, 0.2) is 0 Å². The first-order chi connectivity index (χ1) is 25.9. The summed E-state index contributed by atoms with van der Waals surface area (Å²) in [6.07, 6.45) is -1.44. The second-order valence-corrected chi connectivity index (χ2v) is 12.3. The van der Waals surface area contributed by atoms with Gasteiger partial charge < -0.3 is 43.2 Å². The first-order valence-electron chi connectivity index (χ1n) is 17.4. The lowest BCUT2D eigenvalue weighted by Gasteiger charge is -2.41. The van der Waals surface area contributed by atoms with Crippen molar-refractivity contribution in [2.24, 2.45) is 0 Å². The van der Waals surface area contributed by atoms with Crippen LogP contribution in [0.25, 0.3) is 10.8 Å². The summed E-state index contributed by atoms with van der Waals surface area (Å²) >= 11 is 0. The third-order valence-electron chi connectivity index (χ3n) is 8.75. The van der Waals surface area contributed by atoms with Gasteiger partial charge in [0.2, 0.25) is 0 Å². The average Bonchev–Trinajstić information content (AvgIpc) is 3.17. The number of likely N-dealkylation sites (tertiary alicyclic amines) is 1. The van der Waals surface area contributed by atoms with Crippen molar-refractivity contribution in [3.63, 3.8) is 0 Å². The van der Waals surface area contributed by atoms with E-state index in [4.69, 9.17) is 43.6 Å². The number of aliphatic hydroxyl groups excluding tert-OH is 1. The molecule has 53 heavy (non-hydrogen) atoms. The molecule has 286 valence electrons. The lowest BCUT2D eigenvalue weighted by atomic mass is 9.84. The Bertz CT molecular complexity index is 1710. The van der Waals surface area contributed by atoms with Gasteiger partial charge in [0.05, 0.1) is 91.2 Å². The van der Waals surface area contributed by atoms with Gasteiger partial charge in [-0.05, 0) is 46.8 Å². The number of amides is 1. The van der Waals surface area contributed by atoms with E-state index in [0.29, 0.717) is 32.0 Å². The lowest BCUT2D eigenvalue weighted by molar-refractivity contribution is -0.493. The molecule has 0 aliphatic carbocycles. The number of ether oxygens (including phenoxy) is 7. The molecule has 3 atom stereocenters. The highest BCUT2D eigenvalue weighted by Gasteiger charge is 2.40. The summed E-state index contributed by atoms with van der Waals surface area (Å²) in [5, 5.41) is 30.2. The fourth-order valence-electron chi connectivity index (χ4n) is 6.23. The van der Waals surface area contributed by atoms with Gasteiger partial charge in [0.1, 0.15) is 23.9 Å². The summed E-state index contributed by atoms with van der Waals surface area (Å²) in [6, 6.07) is 27.2. The number of methoxy groups -OCH3 is 2. The standard InChI is InChI=1S/C39H48N2O12/c1-46-35-11-6-4-9-31(35)27-49-16-7-17-50-32-14-12-29(13-15-32)38-34(42)24-40(39(43)51-20-18-48-19-21-53-41(44)45)25-37(38)52-26-28-22-30-8-3-5-10-33(30)36(23-28)47-2/h3-6,8-15,22-23,34,37-38,42,44-45H,7,16-21,24-27H2,1-2H3. The van der Waals surface area contributed by atoms with Crippen LogP contribution in [0.1, 0.15) is 29.0 Å². The Morgan fingerprint density at radius 2 is 1.55 bits per heavy atom. The number of nitrogens with zero attached hydrogens (tertiary/aromatic N) is 2. The van der Waals surface area contributed by atoms with Gasteiger partial charge in [-0.3, -0.25) is 10.4 Å². The number of aliphatic hydroxyl groups is 1. The molecule has 4 aromatic rings. The van der Waals surface area contributed by atoms with Crippen molar-refractivity contribution in [1.82, 2.24) is 10.3 Å². The lowest BCUT2D eigenvalue weighted by Crippen LogP contribution is -2.53. The number of β-amino-alcohol motifs (C(OH)–C–C–N with tert-alkyl or cyclic N) is 1. The van der Waals surface area contributed by atoms with E-state index < -0.39 is 29.6 Å². The van der Waals surface area contributed by atoms with Crippen LogP contribution in [0.15, 0.2) is 84.9 Å². The smallest absolute Gasteiger partial charge is 0.410 e. The minimum Gasteiger partial charge on any atom is -0.496 e. The molecule has 1 aliphatic heterocycles. The number of hydrogen-bond acceptors (Lipinski definition) is 13. The minimum atomic E-state index is -0.951. The van der Waals surface area contributed by atoms with E-state index in [1.807, 2.05) is 84.9 Å². The molecule has 14 nitrogen and oxygen atoms in total. The molecule has 1 saturated heterocycles. The molecule has 3 unspecified atom stereocenters. The van der Waals surface area contributed by atoms with E-state index in [2.05, 4.69) is 4.84 Å². The molecule has 0 saturated carbocycles. The summed E-state index contributed by atoms with van der Waals surface area (Å²) in [6.45, 7) is 1.86. The molecular weight excluding hydrogens is 688 g/mol. The molecule has 0 bridgehead atoms. The van der Waals surface area contributed by atoms with Crippen molar-refractivity contribution < 1.29 is 58.3 Å². The van der Waals surface area contributed by atoms with Gasteiger partial charge in [-0.15, -0.1) is 0 Å². The monoisotopic (exact) mass is 736 g/mol. The van der Waals surface area contributed by atoms with E-state index in [0.717, 1.165) is 39.0 Å². The summed E-state index contributed by atoms with van der Waals surface area (Å²) in [7, 11) is 3.27. The van der Waals surface area contributed by atoms with Crippen LogP contribution in [-0.2, 0) is 37.0 Å². The van der Waals surface area contributed by atoms with Crippen molar-refractivity contribution in [2.45, 2.75) is 37.8 Å². The fourth-order valence-corrected chi connectivity index (χ4v) is 6.23. The van der Waals surface area contributed by atoms with Gasteiger partial charge in [0.25, 0.3) is 0 Å². The molecule has 14 heteroatoms. The van der Waals surface area contributed by atoms with Crippen molar-refractivity contribution in [3.05, 3.63) is 102 Å². The van der Waals surface area contributed by atoms with Crippen molar-refractivity contribution in [2.75, 3.05) is 67.0 Å². The topological polar surface area (TPSA) is 158 Å². The van der Waals surface area contributed by atoms with Crippen LogP contribution in [0.5, 0.6) is 17.2 Å². The zero-order valence-corrected chi connectivity index (χ0v) is 30.0. The second kappa shape index (κ2) is 20.7. The van der Waals surface area contributed by atoms with E-state index in [1.54, 1.807) is 14.2 Å². The zero-order chi connectivity index (χ0) is 37.4. The molecule has 5 rings (SSSR count). The Morgan fingerprint density at radius 1 is 0.792 bits per heavy atom. The van der Waals surface area contributed by atoms with Gasteiger partial charge in [-0.2, -0.15) is 0 Å². The SMILES string of the molecule is COc1ccccc1COCCCOc1ccc(C2C(O)CN(C(=O)OCCOCCON(O)O)CC2OCc2cc(OC)c3ccccc3c2)cc1. The van der Waals surface area contributed by atoms with E-state index in [-0.39, 0.29) is 46.1 Å². The molecule has 0 aromatic heterocycles. The van der Waals surface area contributed by atoms with Crippen LogP contribution in [-0.4, -0.2) is 111 Å². The summed E-state index contributed by atoms with van der Waals surface area (Å²) in [4.78, 5) is 18.9. The third-order valence-corrected chi connectivity index (χ3v) is 8.75. The molecular formula is C39H48N2O12. The van der Waals surface area contributed by atoms with Crippen LogP contribution in [0, 0.1) is 0 Å². The molecule has 1 aliphatic rings. The normalized spacial score (nSPS) is 17.2. The number of carbonyl (C=O) groups excluding carboxylic acids is 1. The number of benzene rings is 4. The number of fused-ring (bicyclic) bond motifs is 1. The van der Waals surface area contributed by atoms with Gasteiger partial charge >= 0.3 is 6.09 Å². The first kappa shape index (κ1) is 39.7. The highest BCUT2D eigenvalue weighted by atomic mass is 17.1. The maximum Gasteiger partial charge on any atom is 0.410 e. The minimum absolute atomic E-state index is 0.0395. The Balaban J connectivity index is 1.19. The number of hydrogen-bond donors (Lipinski definition) is 3. The summed E-state index contributed by atoms with van der Waals surface area (Å²) in [5.41, 5.74) is 2.72. The fraction of sp³-hybridized carbons (Fsp3) is 0.410. The molecule has 1 amide bonds. The predicted molar refractivity (Wildman–Crippen MR) is 192 cm³/mol. The molecule has 1 heterocycles. The zero-order valence-electron chi connectivity index (χ0n) is 30.0. The van der Waals surface area contributed by atoms with Crippen LogP contribution < -0.4 is 14.2 Å². The molecule has 0 spiro atoms. The Morgan fingerprint density at radius 3 is 2.34 bits per heavy atom. The maximum atomic E-state index is 13.1. The highest BCUT2D eigenvalue weighted by Crippen LogP contribution is 2.34. The van der Waals surface area contributed by atoms with Crippen molar-refractivity contribution >= 4 is 16.9 Å². The van der Waals surface area contributed by atoms with Crippen LogP contribution in [0.4, 0.5) is 4.79 Å². The molecule has 0 radical (unpaired) electrons. The first-order valence-corrected chi connectivity index (χ1v) is 17.4. The Hall–Kier alpha value is -4.51. The molecule has 4 aromatic carbocycles. The van der Waals surface area contributed by atoms with Gasteiger partial charge in [-0.1, -0.05) is 54.6 Å². The highest BCUT2D eigenvalue weighted by molar-refractivity contribution is 5.89. The predicted octanol–water partition coefficient (Wildman–Crippen LogP) is 5.35. The summed E-state index contributed by atoms with van der Waals surface area (Å²) < 4.78 is 40.0. The third kappa shape index (κ3) is 11.7. The van der Waals surface area contributed by atoms with Crippen LogP contribution in [0.3, 0.4) is 0 Å². The largest absolute Gasteiger partial charge is 0.496 e. The quantitative estimate of drug-likeness (QED) is 0.0789. The number of rotatable bonds is 20. The Labute approximate surface area is 308 Å². The molecule has 1 fully saturated rings. The van der Waals surface area contributed by atoms with Gasteiger partial charge in [-0.25, -0.2) is 9.63 Å². The van der Waals surface area contributed by atoms with Crippen molar-refractivity contribution in [3.8, 4) is 17.2 Å². The molecule has 3 N–H and O–H groups in total. The van der Waals surface area contributed by atoms with E-state index in [9.17, 15) is 9.90 Å². The van der Waals surface area contributed by atoms with Gasteiger partial charge in [0, 0.05) is 23.3 Å². The number of para-hydroxylation sites is 1. The maximum absolute atomic E-state index is 13.1. The number of piperidine rings is 1. The second-order valence-electron chi connectivity index (χ2n) is 12.3. The number of carbonyl (C=O) groups is 1. The summed E-state index contributed by atoms with van der Waals surface area (Å²) in [5.74, 6) is 1.77.